The Balaban J connectivity index is 2.79. The molecule has 2 nitrogen and oxygen atoms in total. The molecule has 1 aliphatic rings. The molecule has 1 rings (SSSR count). The van der Waals surface area contributed by atoms with Gasteiger partial charge in [-0.3, -0.25) is 4.79 Å². The second kappa shape index (κ2) is 6.96. The number of carbonyl (C=O) groups is 1. The molecule has 0 saturated heterocycles. The van der Waals surface area contributed by atoms with Gasteiger partial charge in [-0.15, -0.1) is 9.24 Å². The summed E-state index contributed by atoms with van der Waals surface area (Å²) in [4.78, 5) is 14.1. The van der Waals surface area contributed by atoms with Crippen molar-refractivity contribution >= 4 is 15.1 Å². The zero-order chi connectivity index (χ0) is 12.8. The van der Waals surface area contributed by atoms with Gasteiger partial charge < -0.3 is 4.90 Å². The maximum atomic E-state index is 12.0. The molecule has 0 aromatic carbocycles. The van der Waals surface area contributed by atoms with Gasteiger partial charge in [0, 0.05) is 18.9 Å². The van der Waals surface area contributed by atoms with E-state index in [0.717, 1.165) is 19.4 Å². The van der Waals surface area contributed by atoms with E-state index in [1.165, 1.54) is 5.31 Å². The van der Waals surface area contributed by atoms with E-state index in [1.54, 1.807) is 0 Å². The zero-order valence-electron chi connectivity index (χ0n) is 11.1. The Hall–Kier alpha value is -0.620. The summed E-state index contributed by atoms with van der Waals surface area (Å²) >= 11 is 0. The predicted octanol–water partition coefficient (Wildman–Crippen LogP) is 3.36. The smallest absolute Gasteiger partial charge is 0.222 e. The molecule has 0 aliphatic heterocycles. The number of carbonyl (C=O) groups excluding carboxylic acids is 1. The highest BCUT2D eigenvalue weighted by Gasteiger charge is 2.27. The molecule has 96 valence electrons. The molecule has 1 aliphatic carbocycles. The van der Waals surface area contributed by atoms with Crippen molar-refractivity contribution in [3.05, 3.63) is 23.5 Å². The first-order valence-electron chi connectivity index (χ1n) is 6.55. The number of allylic oxidation sites excluding steroid dienone is 2. The lowest BCUT2D eigenvalue weighted by atomic mass is 9.94. The van der Waals surface area contributed by atoms with Gasteiger partial charge in [0.15, 0.2) is 0 Å². The molecule has 0 fully saturated rings. The van der Waals surface area contributed by atoms with Crippen molar-refractivity contribution in [2.45, 2.75) is 46.1 Å². The number of amides is 1. The van der Waals surface area contributed by atoms with Crippen molar-refractivity contribution in [3.63, 3.8) is 0 Å². The highest BCUT2D eigenvalue weighted by molar-refractivity contribution is 7.22. The molecule has 0 heterocycles. The molecule has 0 spiro atoms. The number of hydrogen-bond donors (Lipinski definition) is 0. The first-order chi connectivity index (χ1) is 8.11. The highest BCUT2D eigenvalue weighted by atomic mass is 31.0. The highest BCUT2D eigenvalue weighted by Crippen LogP contribution is 2.29. The van der Waals surface area contributed by atoms with Crippen LogP contribution in [0, 0.1) is 5.92 Å². The lowest BCUT2D eigenvalue weighted by Gasteiger charge is -2.35. The van der Waals surface area contributed by atoms with Crippen LogP contribution in [0.2, 0.25) is 0 Å². The second-order valence-electron chi connectivity index (χ2n) is 4.63. The van der Waals surface area contributed by atoms with Gasteiger partial charge in [0.05, 0.1) is 6.04 Å². The fraction of sp³-hybridized carbons (Fsp3) is 0.643. The number of unbranched alkanes of at least 4 members (excludes halogenated alkanes) is 1. The summed E-state index contributed by atoms with van der Waals surface area (Å²) in [6, 6.07) is 0.228. The van der Waals surface area contributed by atoms with Crippen LogP contribution < -0.4 is 0 Å². The van der Waals surface area contributed by atoms with Crippen molar-refractivity contribution in [1.29, 1.82) is 0 Å². The molecule has 17 heavy (non-hydrogen) atoms. The van der Waals surface area contributed by atoms with Crippen LogP contribution in [0.1, 0.15) is 40.0 Å². The molecule has 3 atom stereocenters. The van der Waals surface area contributed by atoms with Crippen molar-refractivity contribution in [2.75, 3.05) is 6.54 Å². The third kappa shape index (κ3) is 3.67. The van der Waals surface area contributed by atoms with E-state index in [9.17, 15) is 4.79 Å². The SMILES string of the molecule is CCCCN(C(=O)CC)C1C=CC=C(P)C1C. The molecule has 0 N–H and O–H groups in total. The Morgan fingerprint density at radius 1 is 1.47 bits per heavy atom. The van der Waals surface area contributed by atoms with Crippen LogP contribution in [0.4, 0.5) is 0 Å². The molecular weight excluding hydrogens is 229 g/mol. The monoisotopic (exact) mass is 253 g/mol. The quantitative estimate of drug-likeness (QED) is 0.688. The molecule has 0 aromatic heterocycles. The van der Waals surface area contributed by atoms with Crippen molar-refractivity contribution in [1.82, 2.24) is 4.90 Å². The van der Waals surface area contributed by atoms with Crippen LogP contribution >= 0.6 is 9.24 Å². The van der Waals surface area contributed by atoms with Crippen molar-refractivity contribution in [3.8, 4) is 0 Å². The average Bonchev–Trinajstić information content (AvgIpc) is 2.34. The van der Waals surface area contributed by atoms with Crippen LogP contribution in [-0.4, -0.2) is 23.4 Å². The Kier molecular flexibility index (Phi) is 5.91. The maximum Gasteiger partial charge on any atom is 0.222 e. The van der Waals surface area contributed by atoms with Crippen LogP contribution in [0.25, 0.3) is 0 Å². The standard InChI is InChI=1S/C14H24NOP/c1-4-6-10-15(14(16)5-2)12-8-7-9-13(17)11(12)3/h7-9,11-12H,4-6,10,17H2,1-3H3. The van der Waals surface area contributed by atoms with Crippen molar-refractivity contribution in [2.24, 2.45) is 5.92 Å². The Morgan fingerprint density at radius 3 is 2.76 bits per heavy atom. The molecule has 0 saturated carbocycles. The number of nitrogens with zero attached hydrogens (tertiary/aromatic N) is 1. The average molecular weight is 253 g/mol. The van der Waals surface area contributed by atoms with E-state index in [1.807, 2.05) is 11.8 Å². The summed E-state index contributed by atoms with van der Waals surface area (Å²) in [6.45, 7) is 7.17. The maximum absolute atomic E-state index is 12.0. The van der Waals surface area contributed by atoms with Gasteiger partial charge >= 0.3 is 0 Å². The third-order valence-corrected chi connectivity index (χ3v) is 4.09. The topological polar surface area (TPSA) is 20.3 Å². The second-order valence-corrected chi connectivity index (χ2v) is 5.29. The fourth-order valence-electron chi connectivity index (χ4n) is 2.14. The van der Waals surface area contributed by atoms with Crippen LogP contribution in [0.3, 0.4) is 0 Å². The normalized spacial score (nSPS) is 23.4. The number of hydrogen-bond acceptors (Lipinski definition) is 1. The van der Waals surface area contributed by atoms with Gasteiger partial charge in [-0.1, -0.05) is 45.4 Å². The van der Waals surface area contributed by atoms with Crippen LogP contribution in [0.15, 0.2) is 23.5 Å². The van der Waals surface area contributed by atoms with Gasteiger partial charge in [-0.05, 0) is 11.7 Å². The molecule has 0 bridgehead atoms. The van der Waals surface area contributed by atoms with Gasteiger partial charge in [-0.25, -0.2) is 0 Å². The van der Waals surface area contributed by atoms with Gasteiger partial charge in [0.25, 0.3) is 0 Å². The largest absolute Gasteiger partial charge is 0.336 e. The molecule has 0 radical (unpaired) electrons. The summed E-state index contributed by atoms with van der Waals surface area (Å²) in [5.41, 5.74) is 0. The third-order valence-electron chi connectivity index (χ3n) is 3.37. The van der Waals surface area contributed by atoms with E-state index < -0.39 is 0 Å². The molecule has 3 unspecified atom stereocenters. The number of rotatable bonds is 5. The van der Waals surface area contributed by atoms with E-state index in [4.69, 9.17) is 0 Å². The minimum atomic E-state index is 0.228. The summed E-state index contributed by atoms with van der Waals surface area (Å²) < 4.78 is 0. The minimum Gasteiger partial charge on any atom is -0.336 e. The molecular formula is C14H24NOP. The summed E-state index contributed by atoms with van der Waals surface area (Å²) in [5, 5.41) is 1.28. The van der Waals surface area contributed by atoms with Crippen LogP contribution in [-0.2, 0) is 4.79 Å². The van der Waals surface area contributed by atoms with Crippen LogP contribution in [0.5, 0.6) is 0 Å². The zero-order valence-corrected chi connectivity index (χ0v) is 12.3. The Bertz CT molecular complexity index is 322. The summed E-state index contributed by atoms with van der Waals surface area (Å²) in [5.74, 6) is 0.664. The lowest BCUT2D eigenvalue weighted by molar-refractivity contribution is -0.133. The first kappa shape index (κ1) is 14.4. The van der Waals surface area contributed by atoms with Gasteiger partial charge in [-0.2, -0.15) is 0 Å². The predicted molar refractivity (Wildman–Crippen MR) is 76.8 cm³/mol. The van der Waals surface area contributed by atoms with E-state index in [2.05, 4.69) is 41.3 Å². The van der Waals surface area contributed by atoms with Gasteiger partial charge in [0.2, 0.25) is 5.91 Å². The lowest BCUT2D eigenvalue weighted by Crippen LogP contribution is -2.43. The minimum absolute atomic E-state index is 0.228. The Labute approximate surface area is 107 Å². The van der Waals surface area contributed by atoms with Gasteiger partial charge in [0.1, 0.15) is 0 Å². The molecule has 0 aromatic rings. The molecule has 1 amide bonds. The van der Waals surface area contributed by atoms with E-state index >= 15 is 0 Å². The first-order valence-corrected chi connectivity index (χ1v) is 7.12. The van der Waals surface area contributed by atoms with E-state index in [0.29, 0.717) is 12.3 Å². The van der Waals surface area contributed by atoms with E-state index in [-0.39, 0.29) is 11.9 Å². The summed E-state index contributed by atoms with van der Waals surface area (Å²) in [7, 11) is 2.78. The Morgan fingerprint density at radius 2 is 2.18 bits per heavy atom. The van der Waals surface area contributed by atoms with Crippen molar-refractivity contribution < 1.29 is 4.79 Å². The summed E-state index contributed by atoms with van der Waals surface area (Å²) in [6.07, 6.45) is 9.13. The fourth-order valence-corrected chi connectivity index (χ4v) is 2.45. The molecule has 3 heteroatoms.